The molecule has 3 aromatic rings. The number of aromatic nitrogens is 3. The lowest BCUT2D eigenvalue weighted by atomic mass is 10.2. The average molecular weight is 480 g/mol. The summed E-state index contributed by atoms with van der Waals surface area (Å²) in [6.45, 7) is 5.69. The minimum atomic E-state index is -3.85. The summed E-state index contributed by atoms with van der Waals surface area (Å²) >= 11 is 7.11. The Morgan fingerprint density at radius 3 is 2.52 bits per heavy atom. The summed E-state index contributed by atoms with van der Waals surface area (Å²) in [6, 6.07) is 11.3. The van der Waals surface area contributed by atoms with E-state index < -0.39 is 10.0 Å². The summed E-state index contributed by atoms with van der Waals surface area (Å²) in [5.74, 6) is -0.161. The van der Waals surface area contributed by atoms with Gasteiger partial charge >= 0.3 is 0 Å². The second kappa shape index (κ2) is 9.71. The monoisotopic (exact) mass is 479 g/mol. The number of sulfonamides is 1. The SMILES string of the molecule is Cc1ccc(NC(=O)CSc2nncn2C(C)C)cc1S(=O)(=O)Nc1ccc(Cl)cc1. The van der Waals surface area contributed by atoms with Gasteiger partial charge in [0.05, 0.1) is 10.6 Å². The summed E-state index contributed by atoms with van der Waals surface area (Å²) in [5.41, 5.74) is 1.33. The van der Waals surface area contributed by atoms with Gasteiger partial charge in [0.2, 0.25) is 5.91 Å². The first-order valence-corrected chi connectivity index (χ1v) is 12.2. The van der Waals surface area contributed by atoms with Gasteiger partial charge in [0.1, 0.15) is 6.33 Å². The van der Waals surface area contributed by atoms with Gasteiger partial charge in [0.25, 0.3) is 10.0 Å². The van der Waals surface area contributed by atoms with E-state index in [1.165, 1.54) is 17.8 Å². The van der Waals surface area contributed by atoms with Crippen LogP contribution in [-0.4, -0.2) is 34.8 Å². The van der Waals surface area contributed by atoms with Crippen LogP contribution in [0.2, 0.25) is 5.02 Å². The maximum Gasteiger partial charge on any atom is 0.262 e. The van der Waals surface area contributed by atoms with Crippen LogP contribution in [0.4, 0.5) is 11.4 Å². The highest BCUT2D eigenvalue weighted by Crippen LogP contribution is 2.24. The van der Waals surface area contributed by atoms with Crippen LogP contribution in [0.25, 0.3) is 0 Å². The number of nitrogens with one attached hydrogen (secondary N) is 2. The summed E-state index contributed by atoms with van der Waals surface area (Å²) in [6.07, 6.45) is 1.62. The van der Waals surface area contributed by atoms with Gasteiger partial charge in [-0.25, -0.2) is 8.42 Å². The van der Waals surface area contributed by atoms with Crippen molar-refractivity contribution in [2.24, 2.45) is 0 Å². The third-order valence-electron chi connectivity index (χ3n) is 4.29. The molecule has 0 saturated carbocycles. The molecule has 0 radical (unpaired) electrons. The standard InChI is InChI=1S/C20H22ClN5O3S2/c1-13(2)26-12-22-24-20(26)30-11-19(27)23-17-7-4-14(3)18(10-17)31(28,29)25-16-8-5-15(21)6-9-16/h4-10,12-13,25H,11H2,1-3H3,(H,23,27). The van der Waals surface area contributed by atoms with Crippen molar-refractivity contribution in [1.82, 2.24) is 14.8 Å². The summed E-state index contributed by atoms with van der Waals surface area (Å²) in [5, 5.41) is 11.8. The van der Waals surface area contributed by atoms with Gasteiger partial charge < -0.3 is 9.88 Å². The highest BCUT2D eigenvalue weighted by molar-refractivity contribution is 7.99. The van der Waals surface area contributed by atoms with E-state index in [4.69, 9.17) is 11.6 Å². The Hall–Kier alpha value is -2.56. The van der Waals surface area contributed by atoms with Crippen molar-refractivity contribution >= 4 is 50.7 Å². The Bertz CT molecular complexity index is 1180. The second-order valence-electron chi connectivity index (χ2n) is 7.04. The molecular formula is C20H22ClN5O3S2. The minimum Gasteiger partial charge on any atom is -0.325 e. The molecule has 0 spiro atoms. The Morgan fingerprint density at radius 1 is 1.16 bits per heavy atom. The third kappa shape index (κ3) is 5.99. The molecule has 164 valence electrons. The molecule has 0 unspecified atom stereocenters. The van der Waals surface area contributed by atoms with Crippen LogP contribution in [0.5, 0.6) is 0 Å². The molecule has 8 nitrogen and oxygen atoms in total. The van der Waals surface area contributed by atoms with E-state index in [9.17, 15) is 13.2 Å². The number of hydrogen-bond donors (Lipinski definition) is 2. The Kier molecular flexibility index (Phi) is 7.24. The first-order chi connectivity index (χ1) is 14.7. The number of benzene rings is 2. The molecule has 0 atom stereocenters. The third-order valence-corrected chi connectivity index (χ3v) is 7.02. The fourth-order valence-corrected chi connectivity index (χ4v) is 5.01. The van der Waals surface area contributed by atoms with Gasteiger partial charge in [-0.1, -0.05) is 29.4 Å². The van der Waals surface area contributed by atoms with Crippen molar-refractivity contribution in [2.45, 2.75) is 36.9 Å². The smallest absolute Gasteiger partial charge is 0.262 e. The molecule has 0 saturated heterocycles. The van der Waals surface area contributed by atoms with E-state index in [2.05, 4.69) is 20.2 Å². The fourth-order valence-electron chi connectivity index (χ4n) is 2.71. The van der Waals surface area contributed by atoms with E-state index in [1.54, 1.807) is 49.6 Å². The lowest BCUT2D eigenvalue weighted by molar-refractivity contribution is -0.113. The number of nitrogens with zero attached hydrogens (tertiary/aromatic N) is 3. The molecule has 31 heavy (non-hydrogen) atoms. The Labute approximate surface area is 190 Å². The zero-order valence-electron chi connectivity index (χ0n) is 17.2. The number of carbonyl (C=O) groups is 1. The molecule has 0 aliphatic rings. The quantitative estimate of drug-likeness (QED) is 0.465. The minimum absolute atomic E-state index is 0.0763. The number of thioether (sulfide) groups is 1. The van der Waals surface area contributed by atoms with E-state index >= 15 is 0 Å². The largest absolute Gasteiger partial charge is 0.325 e. The van der Waals surface area contributed by atoms with E-state index in [0.29, 0.717) is 27.1 Å². The molecule has 2 N–H and O–H groups in total. The number of hydrogen-bond acceptors (Lipinski definition) is 6. The number of amides is 1. The van der Waals surface area contributed by atoms with Crippen LogP contribution in [0.1, 0.15) is 25.5 Å². The van der Waals surface area contributed by atoms with E-state index in [0.717, 1.165) is 0 Å². The van der Waals surface area contributed by atoms with Crippen LogP contribution in [0.15, 0.2) is 58.8 Å². The molecule has 1 aromatic heterocycles. The molecule has 1 heterocycles. The summed E-state index contributed by atoms with van der Waals surface area (Å²) in [7, 11) is -3.85. The van der Waals surface area contributed by atoms with Crippen LogP contribution in [0, 0.1) is 6.92 Å². The zero-order chi connectivity index (χ0) is 22.6. The highest BCUT2D eigenvalue weighted by Gasteiger charge is 2.18. The molecule has 0 bridgehead atoms. The van der Waals surface area contributed by atoms with E-state index in [-0.39, 0.29) is 22.6 Å². The van der Waals surface area contributed by atoms with Crippen LogP contribution in [0.3, 0.4) is 0 Å². The number of aryl methyl sites for hydroxylation is 1. The van der Waals surface area contributed by atoms with Crippen LogP contribution in [-0.2, 0) is 14.8 Å². The molecule has 0 fully saturated rings. The molecule has 0 aliphatic heterocycles. The normalized spacial score (nSPS) is 11.5. The zero-order valence-corrected chi connectivity index (χ0v) is 19.6. The Morgan fingerprint density at radius 2 is 1.84 bits per heavy atom. The molecule has 2 aromatic carbocycles. The van der Waals surface area contributed by atoms with Crippen molar-refractivity contribution in [2.75, 3.05) is 15.8 Å². The first kappa shape index (κ1) is 23.1. The van der Waals surface area contributed by atoms with E-state index in [1.807, 2.05) is 18.4 Å². The second-order valence-corrected chi connectivity index (χ2v) is 10.1. The summed E-state index contributed by atoms with van der Waals surface area (Å²) < 4.78 is 30.1. The fraction of sp³-hybridized carbons (Fsp3) is 0.250. The lowest BCUT2D eigenvalue weighted by Crippen LogP contribution is -2.17. The lowest BCUT2D eigenvalue weighted by Gasteiger charge is -2.13. The van der Waals surface area contributed by atoms with Gasteiger partial charge in [-0.3, -0.25) is 9.52 Å². The number of rotatable bonds is 8. The average Bonchev–Trinajstić information content (AvgIpc) is 3.18. The number of carbonyl (C=O) groups excluding carboxylic acids is 1. The number of anilines is 2. The van der Waals surface area contributed by atoms with Crippen molar-refractivity contribution < 1.29 is 13.2 Å². The summed E-state index contributed by atoms with van der Waals surface area (Å²) in [4.78, 5) is 12.5. The van der Waals surface area contributed by atoms with Crippen molar-refractivity contribution in [1.29, 1.82) is 0 Å². The van der Waals surface area contributed by atoms with Gasteiger partial charge in [0.15, 0.2) is 5.16 Å². The van der Waals surface area contributed by atoms with Gasteiger partial charge in [-0.2, -0.15) is 0 Å². The van der Waals surface area contributed by atoms with Crippen molar-refractivity contribution in [3.63, 3.8) is 0 Å². The molecular weight excluding hydrogens is 458 g/mol. The molecule has 0 aliphatic carbocycles. The van der Waals surface area contributed by atoms with Gasteiger partial charge in [-0.05, 0) is 62.7 Å². The van der Waals surface area contributed by atoms with Crippen molar-refractivity contribution in [3.05, 3.63) is 59.4 Å². The van der Waals surface area contributed by atoms with Gasteiger partial charge in [-0.15, -0.1) is 10.2 Å². The van der Waals surface area contributed by atoms with Gasteiger partial charge in [0, 0.05) is 22.4 Å². The van der Waals surface area contributed by atoms with Crippen molar-refractivity contribution in [3.8, 4) is 0 Å². The predicted octanol–water partition coefficient (Wildman–Crippen LogP) is 4.35. The van der Waals surface area contributed by atoms with Crippen LogP contribution < -0.4 is 10.0 Å². The Balaban J connectivity index is 1.70. The highest BCUT2D eigenvalue weighted by atomic mass is 35.5. The maximum absolute atomic E-state index is 12.8. The number of halogens is 1. The first-order valence-electron chi connectivity index (χ1n) is 9.37. The maximum atomic E-state index is 12.8. The predicted molar refractivity (Wildman–Crippen MR) is 123 cm³/mol. The molecule has 1 amide bonds. The molecule has 11 heteroatoms. The topological polar surface area (TPSA) is 106 Å². The van der Waals surface area contributed by atoms with Crippen LogP contribution >= 0.6 is 23.4 Å². The molecule has 3 rings (SSSR count).